The maximum absolute atomic E-state index is 5.46. The lowest BCUT2D eigenvalue weighted by Gasteiger charge is -2.29. The third kappa shape index (κ3) is 5.05. The molecular weight excluding hydrogens is 374 g/mol. The summed E-state index contributed by atoms with van der Waals surface area (Å²) in [5.41, 5.74) is 3.24. The Labute approximate surface area is 171 Å². The van der Waals surface area contributed by atoms with E-state index in [1.165, 1.54) is 11.3 Å². The lowest BCUT2D eigenvalue weighted by Crippen LogP contribution is -2.36. The van der Waals surface area contributed by atoms with Crippen LogP contribution in [0.15, 0.2) is 42.5 Å². The standard InChI is InChI=1S/C21H27N3O3S/c1-15(16-4-7-18(8-5-16)24-10-12-27-13-11-24)22-21(28)23-17-6-9-19(25-2)20(14-17)26-3/h4-9,14-15H,10-13H2,1-3H3,(H2,22,23,28)/t15-/m0/s1. The Morgan fingerprint density at radius 2 is 1.71 bits per heavy atom. The van der Waals surface area contributed by atoms with Crippen LogP contribution in [0.5, 0.6) is 11.5 Å². The fourth-order valence-electron chi connectivity index (χ4n) is 3.16. The van der Waals surface area contributed by atoms with E-state index in [4.69, 9.17) is 26.4 Å². The van der Waals surface area contributed by atoms with Crippen LogP contribution in [-0.4, -0.2) is 45.6 Å². The molecule has 0 unspecified atom stereocenters. The Kier molecular flexibility index (Phi) is 6.95. The molecule has 1 aliphatic rings. The van der Waals surface area contributed by atoms with E-state index in [0.29, 0.717) is 16.6 Å². The fraction of sp³-hybridized carbons (Fsp3) is 0.381. The summed E-state index contributed by atoms with van der Waals surface area (Å²) in [4.78, 5) is 2.34. The van der Waals surface area contributed by atoms with E-state index in [1.807, 2.05) is 18.2 Å². The lowest BCUT2D eigenvalue weighted by molar-refractivity contribution is 0.122. The highest BCUT2D eigenvalue weighted by Gasteiger charge is 2.13. The number of rotatable bonds is 6. The van der Waals surface area contributed by atoms with Gasteiger partial charge in [0.2, 0.25) is 0 Å². The number of nitrogens with one attached hydrogen (secondary N) is 2. The molecule has 1 heterocycles. The number of hydrogen-bond acceptors (Lipinski definition) is 5. The largest absolute Gasteiger partial charge is 0.493 e. The molecule has 7 heteroatoms. The lowest BCUT2D eigenvalue weighted by atomic mass is 10.1. The molecule has 2 aromatic rings. The van der Waals surface area contributed by atoms with Crippen molar-refractivity contribution in [2.24, 2.45) is 0 Å². The first-order chi connectivity index (χ1) is 13.6. The van der Waals surface area contributed by atoms with Crippen LogP contribution in [0.3, 0.4) is 0 Å². The monoisotopic (exact) mass is 401 g/mol. The number of benzene rings is 2. The van der Waals surface area contributed by atoms with Crippen LogP contribution in [-0.2, 0) is 4.74 Å². The van der Waals surface area contributed by atoms with Crippen molar-refractivity contribution in [3.63, 3.8) is 0 Å². The van der Waals surface area contributed by atoms with Crippen molar-refractivity contribution in [1.29, 1.82) is 0 Å². The van der Waals surface area contributed by atoms with E-state index in [1.54, 1.807) is 14.2 Å². The highest BCUT2D eigenvalue weighted by molar-refractivity contribution is 7.80. The van der Waals surface area contributed by atoms with Gasteiger partial charge in [-0.1, -0.05) is 12.1 Å². The van der Waals surface area contributed by atoms with Crippen LogP contribution in [0.2, 0.25) is 0 Å². The van der Waals surface area contributed by atoms with Crippen LogP contribution in [0, 0.1) is 0 Å². The first-order valence-electron chi connectivity index (χ1n) is 9.33. The predicted molar refractivity (Wildman–Crippen MR) is 117 cm³/mol. The molecule has 3 rings (SSSR count). The number of morpholine rings is 1. The van der Waals surface area contributed by atoms with Crippen molar-refractivity contribution in [2.45, 2.75) is 13.0 Å². The van der Waals surface area contributed by atoms with Gasteiger partial charge in [0.25, 0.3) is 0 Å². The fourth-order valence-corrected chi connectivity index (χ4v) is 3.45. The normalized spacial score (nSPS) is 14.9. The van der Waals surface area contributed by atoms with E-state index in [0.717, 1.165) is 32.0 Å². The van der Waals surface area contributed by atoms with Gasteiger partial charge in [-0.15, -0.1) is 0 Å². The summed E-state index contributed by atoms with van der Waals surface area (Å²) in [6.45, 7) is 5.54. The minimum absolute atomic E-state index is 0.0823. The molecule has 0 spiro atoms. The number of hydrogen-bond donors (Lipinski definition) is 2. The molecule has 1 aliphatic heterocycles. The van der Waals surface area contributed by atoms with E-state index < -0.39 is 0 Å². The van der Waals surface area contributed by atoms with Crippen molar-refractivity contribution >= 4 is 28.7 Å². The van der Waals surface area contributed by atoms with Crippen molar-refractivity contribution in [1.82, 2.24) is 5.32 Å². The summed E-state index contributed by atoms with van der Waals surface area (Å²) in [5, 5.41) is 7.07. The molecule has 150 valence electrons. The van der Waals surface area contributed by atoms with Gasteiger partial charge in [0.05, 0.1) is 33.5 Å². The average molecular weight is 402 g/mol. The second-order valence-electron chi connectivity index (χ2n) is 6.58. The van der Waals surface area contributed by atoms with Crippen molar-refractivity contribution in [3.05, 3.63) is 48.0 Å². The molecule has 6 nitrogen and oxygen atoms in total. The molecular formula is C21H27N3O3S. The number of methoxy groups -OCH3 is 2. The first-order valence-corrected chi connectivity index (χ1v) is 9.73. The van der Waals surface area contributed by atoms with Crippen LogP contribution in [0.4, 0.5) is 11.4 Å². The molecule has 1 fully saturated rings. The van der Waals surface area contributed by atoms with Gasteiger partial charge in [-0.25, -0.2) is 0 Å². The van der Waals surface area contributed by atoms with E-state index in [9.17, 15) is 0 Å². The van der Waals surface area contributed by atoms with E-state index in [2.05, 4.69) is 46.7 Å². The smallest absolute Gasteiger partial charge is 0.171 e. The zero-order valence-corrected chi connectivity index (χ0v) is 17.3. The summed E-state index contributed by atoms with van der Waals surface area (Å²) >= 11 is 5.46. The minimum atomic E-state index is 0.0823. The summed E-state index contributed by atoms with van der Waals surface area (Å²) in [5.74, 6) is 1.34. The Bertz CT molecular complexity index is 792. The van der Waals surface area contributed by atoms with Crippen molar-refractivity contribution in [3.8, 4) is 11.5 Å². The maximum Gasteiger partial charge on any atom is 0.171 e. The molecule has 0 bridgehead atoms. The van der Waals surface area contributed by atoms with Gasteiger partial charge in [0, 0.05) is 30.5 Å². The van der Waals surface area contributed by atoms with Crippen molar-refractivity contribution < 1.29 is 14.2 Å². The van der Waals surface area contributed by atoms with Gasteiger partial charge in [-0.05, 0) is 49.0 Å². The summed E-state index contributed by atoms with van der Waals surface area (Å²) in [6, 6.07) is 14.3. The quantitative estimate of drug-likeness (QED) is 0.718. The summed E-state index contributed by atoms with van der Waals surface area (Å²) in [6.07, 6.45) is 0. The average Bonchev–Trinajstić information content (AvgIpc) is 2.74. The Balaban J connectivity index is 1.58. The summed E-state index contributed by atoms with van der Waals surface area (Å²) in [7, 11) is 3.23. The van der Waals surface area contributed by atoms with Crippen LogP contribution >= 0.6 is 12.2 Å². The van der Waals surface area contributed by atoms with Gasteiger partial charge in [0.1, 0.15) is 0 Å². The molecule has 1 saturated heterocycles. The topological polar surface area (TPSA) is 55.0 Å². The van der Waals surface area contributed by atoms with Crippen LogP contribution in [0.1, 0.15) is 18.5 Å². The Morgan fingerprint density at radius 1 is 1.04 bits per heavy atom. The SMILES string of the molecule is COc1ccc(NC(=S)N[C@@H](C)c2ccc(N3CCOCC3)cc2)cc1OC. The maximum atomic E-state index is 5.46. The van der Waals surface area contributed by atoms with E-state index >= 15 is 0 Å². The number of thiocarbonyl (C=S) groups is 1. The van der Waals surface area contributed by atoms with Gasteiger partial charge in [0.15, 0.2) is 16.6 Å². The van der Waals surface area contributed by atoms with Crippen molar-refractivity contribution in [2.75, 3.05) is 50.7 Å². The zero-order chi connectivity index (χ0) is 19.9. The Hall–Kier alpha value is -2.51. The zero-order valence-electron chi connectivity index (χ0n) is 16.5. The molecule has 0 aromatic heterocycles. The predicted octanol–water partition coefficient (Wildman–Crippen LogP) is 3.59. The number of ether oxygens (including phenoxy) is 3. The molecule has 1 atom stereocenters. The van der Waals surface area contributed by atoms with Gasteiger partial charge < -0.3 is 29.7 Å². The third-order valence-electron chi connectivity index (χ3n) is 4.76. The Morgan fingerprint density at radius 3 is 2.36 bits per heavy atom. The van der Waals surface area contributed by atoms with E-state index in [-0.39, 0.29) is 6.04 Å². The molecule has 28 heavy (non-hydrogen) atoms. The summed E-state index contributed by atoms with van der Waals surface area (Å²) < 4.78 is 16.0. The molecule has 0 saturated carbocycles. The molecule has 0 radical (unpaired) electrons. The van der Waals surface area contributed by atoms with Gasteiger partial charge in [-0.3, -0.25) is 0 Å². The molecule has 2 aromatic carbocycles. The van der Waals surface area contributed by atoms with Crippen LogP contribution < -0.4 is 25.0 Å². The first kappa shape index (κ1) is 20.2. The number of anilines is 2. The second-order valence-corrected chi connectivity index (χ2v) is 6.99. The highest BCUT2D eigenvalue weighted by atomic mass is 32.1. The molecule has 2 N–H and O–H groups in total. The molecule has 0 amide bonds. The van der Waals surface area contributed by atoms with Crippen LogP contribution in [0.25, 0.3) is 0 Å². The number of nitrogens with zero attached hydrogens (tertiary/aromatic N) is 1. The van der Waals surface area contributed by atoms with Gasteiger partial charge >= 0.3 is 0 Å². The highest BCUT2D eigenvalue weighted by Crippen LogP contribution is 2.29. The molecule has 0 aliphatic carbocycles. The second kappa shape index (κ2) is 9.61. The third-order valence-corrected chi connectivity index (χ3v) is 4.98. The van der Waals surface area contributed by atoms with Gasteiger partial charge in [-0.2, -0.15) is 0 Å². The minimum Gasteiger partial charge on any atom is -0.493 e.